The van der Waals surface area contributed by atoms with Gasteiger partial charge in [-0.1, -0.05) is 0 Å². The zero-order chi connectivity index (χ0) is 10.7. The Balaban J connectivity index is 2.01. The molecule has 2 fully saturated rings. The molecular weight excluding hydrogens is 194 g/mol. The average molecular weight is 213 g/mol. The summed E-state index contributed by atoms with van der Waals surface area (Å²) in [5.41, 5.74) is -0.423. The second kappa shape index (κ2) is 4.49. The monoisotopic (exact) mass is 213 g/mol. The first-order valence-electron chi connectivity index (χ1n) is 5.68. The Morgan fingerprint density at radius 2 is 2.53 bits per heavy atom. The van der Waals surface area contributed by atoms with Crippen molar-refractivity contribution < 1.29 is 14.3 Å². The van der Waals surface area contributed by atoms with Crippen LogP contribution in [0.15, 0.2) is 0 Å². The summed E-state index contributed by atoms with van der Waals surface area (Å²) in [5, 5.41) is 3.32. The highest BCUT2D eigenvalue weighted by molar-refractivity contribution is 5.81. The van der Waals surface area contributed by atoms with Gasteiger partial charge in [0.25, 0.3) is 0 Å². The molecule has 2 unspecified atom stereocenters. The molecule has 0 aromatic rings. The van der Waals surface area contributed by atoms with E-state index in [9.17, 15) is 4.79 Å². The molecule has 2 saturated heterocycles. The van der Waals surface area contributed by atoms with E-state index in [1.165, 1.54) is 7.11 Å². The van der Waals surface area contributed by atoms with Gasteiger partial charge in [0.2, 0.25) is 0 Å². The molecule has 0 aromatic heterocycles. The molecule has 15 heavy (non-hydrogen) atoms. The minimum absolute atomic E-state index is 0.105. The van der Waals surface area contributed by atoms with Crippen molar-refractivity contribution in [3.63, 3.8) is 0 Å². The number of ether oxygens (including phenoxy) is 2. The molecular formula is C11H19NO3. The summed E-state index contributed by atoms with van der Waals surface area (Å²) >= 11 is 0. The number of rotatable bonds is 3. The first-order chi connectivity index (χ1) is 7.27. The molecule has 0 aliphatic carbocycles. The molecule has 0 spiro atoms. The maximum atomic E-state index is 11.8. The van der Waals surface area contributed by atoms with E-state index in [0.29, 0.717) is 5.92 Å². The van der Waals surface area contributed by atoms with E-state index in [1.807, 2.05) is 0 Å². The second-order valence-corrected chi connectivity index (χ2v) is 4.54. The molecule has 0 radical (unpaired) electrons. The smallest absolute Gasteiger partial charge is 0.326 e. The van der Waals surface area contributed by atoms with Gasteiger partial charge in [-0.15, -0.1) is 0 Å². The summed E-state index contributed by atoms with van der Waals surface area (Å²) < 4.78 is 10.3. The summed E-state index contributed by atoms with van der Waals surface area (Å²) in [5.74, 6) is 0.404. The molecule has 2 atom stereocenters. The fourth-order valence-corrected chi connectivity index (χ4v) is 2.67. The summed E-state index contributed by atoms with van der Waals surface area (Å²) in [6.07, 6.45) is 3.89. The molecule has 4 heteroatoms. The van der Waals surface area contributed by atoms with Crippen molar-refractivity contribution in [3.05, 3.63) is 0 Å². The lowest BCUT2D eigenvalue weighted by atomic mass is 9.85. The third-order valence-electron chi connectivity index (χ3n) is 3.48. The van der Waals surface area contributed by atoms with Crippen molar-refractivity contribution >= 4 is 5.97 Å². The Kier molecular flexibility index (Phi) is 3.26. The van der Waals surface area contributed by atoms with E-state index in [4.69, 9.17) is 9.47 Å². The van der Waals surface area contributed by atoms with Gasteiger partial charge < -0.3 is 14.8 Å². The van der Waals surface area contributed by atoms with Gasteiger partial charge in [-0.25, -0.2) is 0 Å². The SMILES string of the molecule is COC(=O)C1(CC2CCOC2)CCCN1. The van der Waals surface area contributed by atoms with Gasteiger partial charge in [0, 0.05) is 13.2 Å². The second-order valence-electron chi connectivity index (χ2n) is 4.54. The summed E-state index contributed by atoms with van der Waals surface area (Å²) in [7, 11) is 1.47. The zero-order valence-corrected chi connectivity index (χ0v) is 9.25. The fraction of sp³-hybridized carbons (Fsp3) is 0.909. The number of methoxy groups -OCH3 is 1. The number of carbonyl (C=O) groups is 1. The first kappa shape index (κ1) is 10.9. The molecule has 4 nitrogen and oxygen atoms in total. The van der Waals surface area contributed by atoms with Crippen LogP contribution in [0.25, 0.3) is 0 Å². The van der Waals surface area contributed by atoms with Crippen molar-refractivity contribution in [2.75, 3.05) is 26.9 Å². The van der Waals surface area contributed by atoms with E-state index < -0.39 is 5.54 Å². The van der Waals surface area contributed by atoms with Crippen LogP contribution in [0.5, 0.6) is 0 Å². The van der Waals surface area contributed by atoms with Crippen LogP contribution in [0, 0.1) is 5.92 Å². The highest BCUT2D eigenvalue weighted by atomic mass is 16.5. The highest BCUT2D eigenvalue weighted by Crippen LogP contribution is 2.31. The molecule has 86 valence electrons. The molecule has 2 heterocycles. The maximum Gasteiger partial charge on any atom is 0.326 e. The normalized spacial score (nSPS) is 35.7. The molecule has 0 aromatic carbocycles. The van der Waals surface area contributed by atoms with Crippen molar-refractivity contribution in [3.8, 4) is 0 Å². The van der Waals surface area contributed by atoms with Crippen LogP contribution in [0.2, 0.25) is 0 Å². The Morgan fingerprint density at radius 1 is 1.67 bits per heavy atom. The van der Waals surface area contributed by atoms with Crippen molar-refractivity contribution in [2.24, 2.45) is 5.92 Å². The van der Waals surface area contributed by atoms with Gasteiger partial charge in [-0.05, 0) is 38.1 Å². The van der Waals surface area contributed by atoms with Crippen molar-refractivity contribution in [1.82, 2.24) is 5.32 Å². The van der Waals surface area contributed by atoms with Crippen LogP contribution < -0.4 is 5.32 Å². The summed E-state index contributed by atoms with van der Waals surface area (Å²) in [6, 6.07) is 0. The lowest BCUT2D eigenvalue weighted by Gasteiger charge is -2.28. The van der Waals surface area contributed by atoms with Gasteiger partial charge in [0.1, 0.15) is 5.54 Å². The Morgan fingerprint density at radius 3 is 3.07 bits per heavy atom. The van der Waals surface area contributed by atoms with E-state index in [0.717, 1.165) is 45.4 Å². The Labute approximate surface area is 90.3 Å². The average Bonchev–Trinajstić information content (AvgIpc) is 2.89. The number of nitrogens with one attached hydrogen (secondary N) is 1. The summed E-state index contributed by atoms with van der Waals surface area (Å²) in [4.78, 5) is 11.8. The molecule has 2 rings (SSSR count). The Bertz CT molecular complexity index is 230. The molecule has 2 aliphatic heterocycles. The quantitative estimate of drug-likeness (QED) is 0.701. The maximum absolute atomic E-state index is 11.8. The molecule has 2 aliphatic rings. The van der Waals surface area contributed by atoms with Crippen LogP contribution in [0.1, 0.15) is 25.7 Å². The molecule has 0 amide bonds. The van der Waals surface area contributed by atoms with E-state index in [-0.39, 0.29) is 5.97 Å². The van der Waals surface area contributed by atoms with Crippen LogP contribution in [0.3, 0.4) is 0 Å². The number of esters is 1. The minimum Gasteiger partial charge on any atom is -0.468 e. The van der Waals surface area contributed by atoms with Gasteiger partial charge >= 0.3 is 5.97 Å². The van der Waals surface area contributed by atoms with Crippen molar-refractivity contribution in [2.45, 2.75) is 31.2 Å². The van der Waals surface area contributed by atoms with Gasteiger partial charge in [-0.2, -0.15) is 0 Å². The topological polar surface area (TPSA) is 47.6 Å². The fourth-order valence-electron chi connectivity index (χ4n) is 2.67. The minimum atomic E-state index is -0.423. The predicted molar refractivity (Wildman–Crippen MR) is 55.5 cm³/mol. The first-order valence-corrected chi connectivity index (χ1v) is 5.68. The van der Waals surface area contributed by atoms with Crippen LogP contribution in [-0.4, -0.2) is 38.4 Å². The van der Waals surface area contributed by atoms with Gasteiger partial charge in [-0.3, -0.25) is 4.79 Å². The number of hydrogen-bond donors (Lipinski definition) is 1. The Hall–Kier alpha value is -0.610. The van der Waals surface area contributed by atoms with Crippen molar-refractivity contribution in [1.29, 1.82) is 0 Å². The van der Waals surface area contributed by atoms with Gasteiger partial charge in [0.05, 0.1) is 7.11 Å². The molecule has 0 saturated carbocycles. The van der Waals surface area contributed by atoms with Crippen LogP contribution >= 0.6 is 0 Å². The van der Waals surface area contributed by atoms with E-state index in [1.54, 1.807) is 0 Å². The standard InChI is InChI=1S/C11H19NO3/c1-14-10(13)11(4-2-5-12-11)7-9-3-6-15-8-9/h9,12H,2-8H2,1H3. The largest absolute Gasteiger partial charge is 0.468 e. The van der Waals surface area contributed by atoms with Gasteiger partial charge in [0.15, 0.2) is 0 Å². The van der Waals surface area contributed by atoms with Crippen LogP contribution in [-0.2, 0) is 14.3 Å². The predicted octanol–water partition coefficient (Wildman–Crippen LogP) is 0.708. The highest BCUT2D eigenvalue weighted by Gasteiger charge is 2.44. The number of carbonyl (C=O) groups excluding carboxylic acids is 1. The van der Waals surface area contributed by atoms with Crippen LogP contribution in [0.4, 0.5) is 0 Å². The zero-order valence-electron chi connectivity index (χ0n) is 9.25. The third kappa shape index (κ3) is 2.16. The van der Waals surface area contributed by atoms with E-state index >= 15 is 0 Å². The lowest BCUT2D eigenvalue weighted by molar-refractivity contribution is -0.148. The summed E-state index contributed by atoms with van der Waals surface area (Å²) in [6.45, 7) is 2.55. The van der Waals surface area contributed by atoms with E-state index in [2.05, 4.69) is 5.32 Å². The third-order valence-corrected chi connectivity index (χ3v) is 3.48. The number of hydrogen-bond acceptors (Lipinski definition) is 4. The molecule has 1 N–H and O–H groups in total. The molecule has 0 bridgehead atoms. The lowest BCUT2D eigenvalue weighted by Crippen LogP contribution is -2.49.